The number of amides is 1. The number of nitrogens with zero attached hydrogens (tertiary/aromatic N) is 1. The summed E-state index contributed by atoms with van der Waals surface area (Å²) in [6, 6.07) is 8.67. The van der Waals surface area contributed by atoms with Crippen LogP contribution in [0.1, 0.15) is 50.2 Å². The van der Waals surface area contributed by atoms with Crippen LogP contribution in [0.3, 0.4) is 0 Å². The normalized spacial score (nSPS) is 21.0. The SMILES string of the molecule is CC(CC(=O)NCc1cccc(CN2CCCC2)c1)C1CCCNC1.Cl.Cl. The van der Waals surface area contributed by atoms with Crippen molar-refractivity contribution in [2.24, 2.45) is 11.8 Å². The molecular weight excluding hydrogens is 381 g/mol. The number of hydrogen-bond donors (Lipinski definition) is 2. The minimum Gasteiger partial charge on any atom is -0.352 e. The van der Waals surface area contributed by atoms with E-state index in [2.05, 4.69) is 46.7 Å². The van der Waals surface area contributed by atoms with Gasteiger partial charge in [-0.3, -0.25) is 9.69 Å². The molecule has 0 aromatic heterocycles. The van der Waals surface area contributed by atoms with Crippen LogP contribution in [0.4, 0.5) is 0 Å². The van der Waals surface area contributed by atoms with Crippen molar-refractivity contribution < 1.29 is 4.79 Å². The van der Waals surface area contributed by atoms with E-state index in [1.165, 1.54) is 49.9 Å². The third-order valence-corrected chi connectivity index (χ3v) is 5.73. The zero-order valence-electron chi connectivity index (χ0n) is 16.4. The number of piperidine rings is 1. The summed E-state index contributed by atoms with van der Waals surface area (Å²) in [6.45, 7) is 8.52. The van der Waals surface area contributed by atoms with Crippen molar-refractivity contribution in [3.8, 4) is 0 Å². The highest BCUT2D eigenvalue weighted by Crippen LogP contribution is 2.22. The molecule has 2 fully saturated rings. The number of benzene rings is 1. The smallest absolute Gasteiger partial charge is 0.220 e. The summed E-state index contributed by atoms with van der Waals surface area (Å²) in [6.07, 6.45) is 5.77. The molecule has 0 aliphatic carbocycles. The van der Waals surface area contributed by atoms with Crippen molar-refractivity contribution in [1.82, 2.24) is 15.5 Å². The lowest BCUT2D eigenvalue weighted by molar-refractivity contribution is -0.122. The summed E-state index contributed by atoms with van der Waals surface area (Å²) < 4.78 is 0. The summed E-state index contributed by atoms with van der Waals surface area (Å²) in [4.78, 5) is 14.8. The van der Waals surface area contributed by atoms with Crippen LogP contribution in [-0.4, -0.2) is 37.0 Å². The van der Waals surface area contributed by atoms with Gasteiger partial charge in [-0.25, -0.2) is 0 Å². The van der Waals surface area contributed by atoms with Crippen LogP contribution in [0.2, 0.25) is 0 Å². The lowest BCUT2D eigenvalue weighted by atomic mass is 9.85. The fourth-order valence-electron chi connectivity index (χ4n) is 4.13. The summed E-state index contributed by atoms with van der Waals surface area (Å²) >= 11 is 0. The number of carbonyl (C=O) groups is 1. The van der Waals surface area contributed by atoms with Crippen molar-refractivity contribution in [3.05, 3.63) is 35.4 Å². The van der Waals surface area contributed by atoms with Crippen LogP contribution in [0.15, 0.2) is 24.3 Å². The van der Waals surface area contributed by atoms with Gasteiger partial charge in [-0.15, -0.1) is 24.8 Å². The Morgan fingerprint density at radius 2 is 1.96 bits per heavy atom. The summed E-state index contributed by atoms with van der Waals surface area (Å²) in [5.41, 5.74) is 2.56. The third kappa shape index (κ3) is 7.98. The van der Waals surface area contributed by atoms with E-state index in [-0.39, 0.29) is 30.7 Å². The molecule has 1 aromatic rings. The lowest BCUT2D eigenvalue weighted by Crippen LogP contribution is -2.35. The molecule has 27 heavy (non-hydrogen) atoms. The average molecular weight is 416 g/mol. The standard InChI is InChI=1S/C21H33N3O.2ClH/c1-17(20-8-5-9-22-15-20)12-21(25)23-14-18-6-4-7-19(13-18)16-24-10-2-3-11-24;;/h4,6-7,13,17,20,22H,2-3,5,8-12,14-16H2,1H3,(H,23,25);2*1H. The Morgan fingerprint density at radius 1 is 1.22 bits per heavy atom. The maximum Gasteiger partial charge on any atom is 0.220 e. The molecule has 2 aliphatic heterocycles. The molecule has 2 heterocycles. The van der Waals surface area contributed by atoms with E-state index in [9.17, 15) is 4.79 Å². The lowest BCUT2D eigenvalue weighted by Gasteiger charge is -2.28. The minimum absolute atomic E-state index is 0. The number of rotatable bonds is 7. The second-order valence-corrected chi connectivity index (χ2v) is 7.87. The molecule has 2 aliphatic rings. The highest BCUT2D eigenvalue weighted by atomic mass is 35.5. The second kappa shape index (κ2) is 12.6. The van der Waals surface area contributed by atoms with E-state index in [1.54, 1.807) is 0 Å². The molecular formula is C21H35Cl2N3O. The van der Waals surface area contributed by atoms with Gasteiger partial charge < -0.3 is 10.6 Å². The number of nitrogens with one attached hydrogen (secondary N) is 2. The van der Waals surface area contributed by atoms with Gasteiger partial charge in [-0.2, -0.15) is 0 Å². The number of hydrogen-bond acceptors (Lipinski definition) is 3. The van der Waals surface area contributed by atoms with E-state index in [4.69, 9.17) is 0 Å². The molecule has 0 radical (unpaired) electrons. The Morgan fingerprint density at radius 3 is 2.67 bits per heavy atom. The van der Waals surface area contributed by atoms with E-state index in [1.807, 2.05) is 0 Å². The van der Waals surface area contributed by atoms with Gasteiger partial charge in [-0.05, 0) is 74.8 Å². The number of halogens is 2. The molecule has 6 heteroatoms. The van der Waals surface area contributed by atoms with Crippen LogP contribution in [0, 0.1) is 11.8 Å². The summed E-state index contributed by atoms with van der Waals surface area (Å²) in [7, 11) is 0. The Hall–Kier alpha value is -0.810. The highest BCUT2D eigenvalue weighted by molar-refractivity contribution is 5.85. The van der Waals surface area contributed by atoms with Gasteiger partial charge >= 0.3 is 0 Å². The van der Waals surface area contributed by atoms with Gasteiger partial charge in [0, 0.05) is 19.5 Å². The molecule has 2 unspecified atom stereocenters. The molecule has 0 bridgehead atoms. The molecule has 154 valence electrons. The predicted molar refractivity (Wildman–Crippen MR) is 117 cm³/mol. The first-order chi connectivity index (χ1) is 12.2. The largest absolute Gasteiger partial charge is 0.352 e. The molecule has 4 nitrogen and oxygen atoms in total. The molecule has 0 saturated carbocycles. The molecule has 3 rings (SSSR count). The van der Waals surface area contributed by atoms with Gasteiger partial charge in [0.1, 0.15) is 0 Å². The van der Waals surface area contributed by atoms with Crippen molar-refractivity contribution in [2.75, 3.05) is 26.2 Å². The molecule has 2 N–H and O–H groups in total. The fraction of sp³-hybridized carbons (Fsp3) is 0.667. The molecule has 2 atom stereocenters. The van der Waals surface area contributed by atoms with Crippen molar-refractivity contribution in [2.45, 2.75) is 52.1 Å². The quantitative estimate of drug-likeness (QED) is 0.711. The summed E-state index contributed by atoms with van der Waals surface area (Å²) in [5.74, 6) is 1.28. The number of carbonyl (C=O) groups excluding carboxylic acids is 1. The zero-order valence-corrected chi connectivity index (χ0v) is 18.0. The Labute approximate surface area is 176 Å². The maximum absolute atomic E-state index is 12.3. The Balaban J connectivity index is 0.00000182. The first-order valence-electron chi connectivity index (χ1n) is 9.98. The Kier molecular flexibility index (Phi) is 11.3. The second-order valence-electron chi connectivity index (χ2n) is 7.87. The monoisotopic (exact) mass is 415 g/mol. The first kappa shape index (κ1) is 24.2. The van der Waals surface area contributed by atoms with Crippen LogP contribution in [-0.2, 0) is 17.9 Å². The molecule has 1 aromatic carbocycles. The van der Waals surface area contributed by atoms with E-state index in [0.29, 0.717) is 24.8 Å². The Bertz CT molecular complexity index is 558. The van der Waals surface area contributed by atoms with E-state index < -0.39 is 0 Å². The minimum atomic E-state index is 0. The fourth-order valence-corrected chi connectivity index (χ4v) is 4.13. The first-order valence-corrected chi connectivity index (χ1v) is 9.98. The van der Waals surface area contributed by atoms with Crippen molar-refractivity contribution in [1.29, 1.82) is 0 Å². The maximum atomic E-state index is 12.3. The van der Waals surface area contributed by atoms with Gasteiger partial charge in [0.25, 0.3) is 0 Å². The van der Waals surface area contributed by atoms with Gasteiger partial charge in [-0.1, -0.05) is 31.2 Å². The van der Waals surface area contributed by atoms with Gasteiger partial charge in [0.15, 0.2) is 0 Å². The van der Waals surface area contributed by atoms with Crippen molar-refractivity contribution in [3.63, 3.8) is 0 Å². The number of likely N-dealkylation sites (tertiary alicyclic amines) is 1. The van der Waals surface area contributed by atoms with Crippen LogP contribution in [0.5, 0.6) is 0 Å². The van der Waals surface area contributed by atoms with Crippen LogP contribution in [0.25, 0.3) is 0 Å². The summed E-state index contributed by atoms with van der Waals surface area (Å²) in [5, 5.41) is 6.56. The van der Waals surface area contributed by atoms with Gasteiger partial charge in [0.05, 0.1) is 0 Å². The molecule has 0 spiro atoms. The van der Waals surface area contributed by atoms with Crippen molar-refractivity contribution >= 4 is 30.7 Å². The average Bonchev–Trinajstić information content (AvgIpc) is 3.14. The van der Waals surface area contributed by atoms with Crippen LogP contribution < -0.4 is 10.6 Å². The third-order valence-electron chi connectivity index (χ3n) is 5.73. The van der Waals surface area contributed by atoms with Gasteiger partial charge in [0.2, 0.25) is 5.91 Å². The van der Waals surface area contributed by atoms with E-state index >= 15 is 0 Å². The zero-order chi connectivity index (χ0) is 17.5. The highest BCUT2D eigenvalue weighted by Gasteiger charge is 2.21. The van der Waals surface area contributed by atoms with Crippen LogP contribution >= 0.6 is 24.8 Å². The predicted octanol–water partition coefficient (Wildman–Crippen LogP) is 3.77. The van der Waals surface area contributed by atoms with E-state index in [0.717, 1.165) is 19.6 Å². The molecule has 1 amide bonds. The topological polar surface area (TPSA) is 44.4 Å². The molecule has 2 saturated heterocycles.